The molecule has 0 aliphatic heterocycles. The Labute approximate surface area is 113 Å². The second-order valence-electron chi connectivity index (χ2n) is 4.31. The molecule has 3 rings (SSSR count). The number of rotatable bonds is 2. The first-order valence-corrected chi connectivity index (χ1v) is 5.80. The van der Waals surface area contributed by atoms with E-state index in [0.29, 0.717) is 11.3 Å². The molecule has 0 radical (unpaired) electrons. The number of anilines is 2. The lowest BCUT2D eigenvalue weighted by molar-refractivity contribution is 0.0698. The Morgan fingerprint density at radius 3 is 2.50 bits per heavy atom. The van der Waals surface area contributed by atoms with Gasteiger partial charge >= 0.3 is 5.97 Å². The molecule has 0 aliphatic carbocycles. The van der Waals surface area contributed by atoms with Crippen LogP contribution in [0, 0.1) is 0 Å². The molecule has 3 aromatic rings. The highest BCUT2D eigenvalue weighted by Crippen LogP contribution is 2.23. The highest BCUT2D eigenvalue weighted by molar-refractivity contribution is 5.96. The van der Waals surface area contributed by atoms with E-state index >= 15 is 0 Å². The monoisotopic (exact) mass is 269 g/mol. The summed E-state index contributed by atoms with van der Waals surface area (Å²) in [6.07, 6.45) is 1.68. The molecule has 7 nitrogen and oxygen atoms in total. The lowest BCUT2D eigenvalue weighted by atomic mass is 10.1. The van der Waals surface area contributed by atoms with Gasteiger partial charge in [0.2, 0.25) is 5.95 Å². The molecular weight excluding hydrogens is 258 g/mol. The second-order valence-corrected chi connectivity index (χ2v) is 4.31. The number of pyridine rings is 1. The van der Waals surface area contributed by atoms with E-state index in [1.165, 1.54) is 10.6 Å². The fraction of sp³-hybridized carbons (Fsp3) is 0. The minimum atomic E-state index is -1.08. The molecule has 0 saturated carbocycles. The summed E-state index contributed by atoms with van der Waals surface area (Å²) in [7, 11) is 0. The van der Waals surface area contributed by atoms with Gasteiger partial charge in [0.05, 0.1) is 0 Å². The number of carboxylic acids is 1. The summed E-state index contributed by atoms with van der Waals surface area (Å²) >= 11 is 0. The van der Waals surface area contributed by atoms with Crippen LogP contribution in [0.1, 0.15) is 10.4 Å². The summed E-state index contributed by atoms with van der Waals surface area (Å²) in [5, 5.41) is 13.2. The zero-order valence-electron chi connectivity index (χ0n) is 10.3. The first-order chi connectivity index (χ1) is 9.54. The maximum Gasteiger partial charge on any atom is 0.339 e. The Bertz CT molecular complexity index is 807. The van der Waals surface area contributed by atoms with Crippen molar-refractivity contribution in [3.63, 3.8) is 0 Å². The molecule has 20 heavy (non-hydrogen) atoms. The van der Waals surface area contributed by atoms with Crippen LogP contribution < -0.4 is 11.5 Å². The van der Waals surface area contributed by atoms with E-state index < -0.39 is 5.97 Å². The number of nitrogen functional groups attached to an aromatic ring is 2. The summed E-state index contributed by atoms with van der Waals surface area (Å²) < 4.78 is 1.37. The van der Waals surface area contributed by atoms with E-state index in [9.17, 15) is 9.90 Å². The Hall–Kier alpha value is -3.09. The molecule has 2 aromatic heterocycles. The minimum Gasteiger partial charge on any atom is -0.478 e. The van der Waals surface area contributed by atoms with Crippen LogP contribution in [-0.2, 0) is 0 Å². The number of hydrogen-bond acceptors (Lipinski definition) is 5. The molecule has 0 fully saturated rings. The van der Waals surface area contributed by atoms with E-state index in [4.69, 9.17) is 11.5 Å². The van der Waals surface area contributed by atoms with Crippen molar-refractivity contribution >= 4 is 23.3 Å². The molecule has 0 aliphatic rings. The van der Waals surface area contributed by atoms with Crippen molar-refractivity contribution in [1.82, 2.24) is 14.6 Å². The van der Waals surface area contributed by atoms with Crippen LogP contribution in [0.2, 0.25) is 0 Å². The summed E-state index contributed by atoms with van der Waals surface area (Å²) in [5.74, 6) is -1.05. The second kappa shape index (κ2) is 4.23. The van der Waals surface area contributed by atoms with Gasteiger partial charge in [-0.3, -0.25) is 0 Å². The van der Waals surface area contributed by atoms with Gasteiger partial charge in [-0.05, 0) is 23.8 Å². The molecule has 0 unspecified atom stereocenters. The minimum absolute atomic E-state index is 0.0296. The normalized spacial score (nSPS) is 10.8. The fourth-order valence-corrected chi connectivity index (χ4v) is 1.99. The number of benzene rings is 1. The van der Waals surface area contributed by atoms with E-state index in [1.54, 1.807) is 18.3 Å². The van der Waals surface area contributed by atoms with Gasteiger partial charge < -0.3 is 16.6 Å². The van der Waals surface area contributed by atoms with Crippen LogP contribution in [0.5, 0.6) is 0 Å². The topological polar surface area (TPSA) is 120 Å². The largest absolute Gasteiger partial charge is 0.478 e. The van der Waals surface area contributed by atoms with E-state index in [2.05, 4.69) is 10.1 Å². The van der Waals surface area contributed by atoms with Crippen molar-refractivity contribution in [2.45, 2.75) is 0 Å². The maximum absolute atomic E-state index is 11.3. The molecule has 7 heteroatoms. The molecule has 0 bridgehead atoms. The Kier molecular flexibility index (Phi) is 2.53. The van der Waals surface area contributed by atoms with Gasteiger partial charge in [0, 0.05) is 17.4 Å². The summed E-state index contributed by atoms with van der Waals surface area (Å²) in [6.45, 7) is 0. The highest BCUT2D eigenvalue weighted by atomic mass is 16.4. The zero-order valence-corrected chi connectivity index (χ0v) is 10.3. The molecule has 0 atom stereocenters. The number of nitrogens with zero attached hydrogens (tertiary/aromatic N) is 3. The number of carboxylic acid groups (broad SMARTS) is 1. The number of aromatic nitrogens is 3. The van der Waals surface area contributed by atoms with Gasteiger partial charge in [-0.25, -0.2) is 9.31 Å². The summed E-state index contributed by atoms with van der Waals surface area (Å²) in [6, 6.07) is 8.65. The van der Waals surface area contributed by atoms with Gasteiger partial charge in [-0.1, -0.05) is 12.1 Å². The van der Waals surface area contributed by atoms with Gasteiger partial charge in [-0.15, -0.1) is 5.10 Å². The van der Waals surface area contributed by atoms with Crippen LogP contribution >= 0.6 is 0 Å². The summed E-state index contributed by atoms with van der Waals surface area (Å²) in [5.41, 5.74) is 13.6. The van der Waals surface area contributed by atoms with E-state index in [1.807, 2.05) is 12.1 Å². The Balaban J connectivity index is 2.26. The standard InChI is InChI=1S/C13H11N5O2/c14-9-3-1-7(2-4-9)8-5-10(12(19)20)11-16-13(15)17-18(11)6-8/h1-6H,14H2,(H2,15,17)(H,19,20). The SMILES string of the molecule is Nc1ccc(-c2cc(C(=O)O)c3nc(N)nn3c2)cc1. The van der Waals surface area contributed by atoms with Gasteiger partial charge in [0.1, 0.15) is 5.56 Å². The highest BCUT2D eigenvalue weighted by Gasteiger charge is 2.15. The smallest absolute Gasteiger partial charge is 0.339 e. The third-order valence-electron chi connectivity index (χ3n) is 2.92. The van der Waals surface area contributed by atoms with Crippen LogP contribution in [-0.4, -0.2) is 25.7 Å². The third kappa shape index (κ3) is 1.91. The predicted molar refractivity (Wildman–Crippen MR) is 74.2 cm³/mol. The molecule has 0 saturated heterocycles. The Morgan fingerprint density at radius 2 is 1.85 bits per heavy atom. The zero-order chi connectivity index (χ0) is 14.3. The van der Waals surface area contributed by atoms with Crippen molar-refractivity contribution in [2.75, 3.05) is 11.5 Å². The lowest BCUT2D eigenvalue weighted by Crippen LogP contribution is -2.02. The summed E-state index contributed by atoms with van der Waals surface area (Å²) in [4.78, 5) is 15.2. The van der Waals surface area contributed by atoms with Crippen LogP contribution in [0.4, 0.5) is 11.6 Å². The molecule has 0 amide bonds. The average molecular weight is 269 g/mol. The van der Waals surface area contributed by atoms with E-state index in [0.717, 1.165) is 5.56 Å². The predicted octanol–water partition coefficient (Wildman–Crippen LogP) is 1.26. The average Bonchev–Trinajstić information content (AvgIpc) is 2.78. The van der Waals surface area contributed by atoms with Crippen LogP contribution in [0.25, 0.3) is 16.8 Å². The van der Waals surface area contributed by atoms with Crippen molar-refractivity contribution in [3.8, 4) is 11.1 Å². The maximum atomic E-state index is 11.3. The molecule has 0 spiro atoms. The number of nitrogens with two attached hydrogens (primary N) is 2. The number of aromatic carboxylic acids is 1. The van der Waals surface area contributed by atoms with Crippen molar-refractivity contribution in [2.24, 2.45) is 0 Å². The van der Waals surface area contributed by atoms with Crippen molar-refractivity contribution in [3.05, 3.63) is 42.1 Å². The van der Waals surface area contributed by atoms with Gasteiger partial charge in [0.25, 0.3) is 0 Å². The van der Waals surface area contributed by atoms with Crippen LogP contribution in [0.15, 0.2) is 36.5 Å². The van der Waals surface area contributed by atoms with Crippen LogP contribution in [0.3, 0.4) is 0 Å². The lowest BCUT2D eigenvalue weighted by Gasteiger charge is -2.05. The number of carbonyl (C=O) groups is 1. The number of fused-ring (bicyclic) bond motifs is 1. The third-order valence-corrected chi connectivity index (χ3v) is 2.92. The Morgan fingerprint density at radius 1 is 1.15 bits per heavy atom. The molecule has 5 N–H and O–H groups in total. The first kappa shape index (κ1) is 12.0. The first-order valence-electron chi connectivity index (χ1n) is 5.80. The molecular formula is C13H11N5O2. The molecule has 2 heterocycles. The van der Waals surface area contributed by atoms with Gasteiger partial charge in [-0.2, -0.15) is 4.98 Å². The number of hydrogen-bond donors (Lipinski definition) is 3. The van der Waals surface area contributed by atoms with Crippen molar-refractivity contribution in [1.29, 1.82) is 0 Å². The van der Waals surface area contributed by atoms with E-state index in [-0.39, 0.29) is 17.2 Å². The van der Waals surface area contributed by atoms with Gasteiger partial charge in [0.15, 0.2) is 5.65 Å². The quantitative estimate of drug-likeness (QED) is 0.602. The molecule has 1 aromatic carbocycles. The fourth-order valence-electron chi connectivity index (χ4n) is 1.99. The molecule has 100 valence electrons. The van der Waals surface area contributed by atoms with Crippen molar-refractivity contribution < 1.29 is 9.90 Å².